The molecule has 0 atom stereocenters. The number of carbonyl (C=O) groups is 1. The van der Waals surface area contributed by atoms with E-state index in [9.17, 15) is 9.59 Å². The van der Waals surface area contributed by atoms with E-state index >= 15 is 0 Å². The number of para-hydroxylation sites is 2. The smallest absolute Gasteiger partial charge is 0.297 e. The Morgan fingerprint density at radius 1 is 1.13 bits per heavy atom. The molecule has 0 unspecified atom stereocenters. The highest BCUT2D eigenvalue weighted by Crippen LogP contribution is 2.30. The van der Waals surface area contributed by atoms with E-state index in [2.05, 4.69) is 21.7 Å². The number of furan rings is 1. The summed E-state index contributed by atoms with van der Waals surface area (Å²) in [5.74, 6) is 0.519. The molecule has 0 saturated heterocycles. The molecule has 1 N–H and O–H groups in total. The minimum atomic E-state index is -0.378. The van der Waals surface area contributed by atoms with Crippen molar-refractivity contribution in [2.45, 2.75) is 17.2 Å². The first-order chi connectivity index (χ1) is 15.2. The molecule has 0 aliphatic carbocycles. The lowest BCUT2D eigenvalue weighted by Gasteiger charge is -2.11. The zero-order valence-corrected chi connectivity index (χ0v) is 17.9. The van der Waals surface area contributed by atoms with Crippen molar-refractivity contribution in [3.05, 3.63) is 87.6 Å². The van der Waals surface area contributed by atoms with Crippen molar-refractivity contribution in [1.82, 2.24) is 9.55 Å². The van der Waals surface area contributed by atoms with Crippen LogP contribution in [0.5, 0.6) is 0 Å². The van der Waals surface area contributed by atoms with Gasteiger partial charge < -0.3 is 9.73 Å². The lowest BCUT2D eigenvalue weighted by Crippen LogP contribution is -2.27. The number of thioether (sulfide) groups is 1. The van der Waals surface area contributed by atoms with Crippen molar-refractivity contribution in [2.75, 3.05) is 5.32 Å². The van der Waals surface area contributed by atoms with Gasteiger partial charge in [0.25, 0.3) is 5.56 Å². The fourth-order valence-electron chi connectivity index (χ4n) is 3.30. The third-order valence-electron chi connectivity index (χ3n) is 4.80. The highest BCUT2D eigenvalue weighted by atomic mass is 32.2. The van der Waals surface area contributed by atoms with Gasteiger partial charge in [-0.1, -0.05) is 24.3 Å². The molecule has 0 bridgehead atoms. The van der Waals surface area contributed by atoms with Crippen LogP contribution in [0.3, 0.4) is 0 Å². The summed E-state index contributed by atoms with van der Waals surface area (Å²) in [5, 5.41) is 7.86. The van der Waals surface area contributed by atoms with Crippen LogP contribution in [0, 0.1) is 0 Å². The summed E-state index contributed by atoms with van der Waals surface area (Å²) in [7, 11) is 0. The Morgan fingerprint density at radius 2 is 1.97 bits per heavy atom. The van der Waals surface area contributed by atoms with Crippen LogP contribution in [0.1, 0.15) is 5.56 Å². The number of anilines is 1. The van der Waals surface area contributed by atoms with Crippen molar-refractivity contribution in [1.29, 1.82) is 0 Å². The van der Waals surface area contributed by atoms with E-state index in [1.165, 1.54) is 16.5 Å². The number of hydrogen-bond acceptors (Lipinski definition) is 6. The standard InChI is InChI=1S/C23H17N3O3S2/c27-20(25-17-6-2-4-8-19(17)31-13-15-9-10-30-12-15)11-26-14-24-21-16-5-1-3-7-18(16)29-22(21)23(26)28/h1-10,12,14H,11,13H2,(H,25,27). The molecular weight excluding hydrogens is 430 g/mol. The summed E-state index contributed by atoms with van der Waals surface area (Å²) < 4.78 is 6.95. The molecule has 0 saturated carbocycles. The molecule has 0 spiro atoms. The van der Waals surface area contributed by atoms with E-state index in [0.29, 0.717) is 11.1 Å². The first-order valence-electron chi connectivity index (χ1n) is 9.58. The van der Waals surface area contributed by atoms with Crippen molar-refractivity contribution < 1.29 is 9.21 Å². The molecule has 0 aliphatic rings. The van der Waals surface area contributed by atoms with Gasteiger partial charge >= 0.3 is 0 Å². The molecule has 3 heterocycles. The second kappa shape index (κ2) is 8.41. The zero-order valence-electron chi connectivity index (χ0n) is 16.3. The van der Waals surface area contributed by atoms with E-state index < -0.39 is 0 Å². The fraction of sp³-hybridized carbons (Fsp3) is 0.0870. The normalized spacial score (nSPS) is 11.2. The Hall–Kier alpha value is -3.36. The predicted molar refractivity (Wildman–Crippen MR) is 125 cm³/mol. The molecule has 3 aromatic heterocycles. The lowest BCUT2D eigenvalue weighted by molar-refractivity contribution is -0.116. The number of nitrogens with zero attached hydrogens (tertiary/aromatic N) is 2. The molecule has 1 amide bonds. The molecule has 6 nitrogen and oxygen atoms in total. The number of fused-ring (bicyclic) bond motifs is 3. The van der Waals surface area contributed by atoms with Gasteiger partial charge in [0.15, 0.2) is 0 Å². The van der Waals surface area contributed by atoms with Crippen LogP contribution in [-0.2, 0) is 17.1 Å². The Labute approximate surface area is 185 Å². The van der Waals surface area contributed by atoms with Crippen LogP contribution in [0.2, 0.25) is 0 Å². The number of thiophene rings is 1. The van der Waals surface area contributed by atoms with Gasteiger partial charge in [0.2, 0.25) is 11.5 Å². The summed E-state index contributed by atoms with van der Waals surface area (Å²) in [6.45, 7) is -0.150. The maximum atomic E-state index is 12.8. The second-order valence-electron chi connectivity index (χ2n) is 6.92. The minimum Gasteiger partial charge on any atom is -0.448 e. The number of amides is 1. The van der Waals surface area contributed by atoms with Crippen LogP contribution >= 0.6 is 23.1 Å². The highest BCUT2D eigenvalue weighted by Gasteiger charge is 2.15. The van der Waals surface area contributed by atoms with Crippen molar-refractivity contribution >= 4 is 56.8 Å². The zero-order chi connectivity index (χ0) is 21.2. The maximum Gasteiger partial charge on any atom is 0.297 e. The number of rotatable bonds is 6. The molecule has 5 rings (SSSR count). The molecule has 0 radical (unpaired) electrons. The van der Waals surface area contributed by atoms with Gasteiger partial charge in [-0.05, 0) is 46.7 Å². The number of hydrogen-bond donors (Lipinski definition) is 1. The van der Waals surface area contributed by atoms with E-state index in [1.807, 2.05) is 47.8 Å². The monoisotopic (exact) mass is 447 g/mol. The molecular formula is C23H17N3O3S2. The molecule has 2 aromatic carbocycles. The molecule has 154 valence electrons. The average molecular weight is 448 g/mol. The molecule has 0 fully saturated rings. The quantitative estimate of drug-likeness (QED) is 0.365. The number of aromatic nitrogens is 2. The number of benzene rings is 2. The summed E-state index contributed by atoms with van der Waals surface area (Å²) >= 11 is 3.32. The average Bonchev–Trinajstić information content (AvgIpc) is 3.43. The highest BCUT2D eigenvalue weighted by molar-refractivity contribution is 7.98. The van der Waals surface area contributed by atoms with Gasteiger partial charge in [-0.3, -0.25) is 14.2 Å². The SMILES string of the molecule is O=C(Cn1cnc2c(oc3ccccc32)c1=O)Nc1ccccc1SCc1ccsc1. The topological polar surface area (TPSA) is 77.1 Å². The van der Waals surface area contributed by atoms with E-state index in [0.717, 1.165) is 21.7 Å². The molecule has 5 aromatic rings. The van der Waals surface area contributed by atoms with Gasteiger partial charge in [0.05, 0.1) is 12.0 Å². The van der Waals surface area contributed by atoms with Crippen LogP contribution in [0.15, 0.2) is 85.8 Å². The van der Waals surface area contributed by atoms with Gasteiger partial charge in [0.1, 0.15) is 17.6 Å². The van der Waals surface area contributed by atoms with E-state index in [-0.39, 0.29) is 23.6 Å². The largest absolute Gasteiger partial charge is 0.448 e. The Morgan fingerprint density at radius 3 is 2.84 bits per heavy atom. The Kier molecular flexibility index (Phi) is 5.31. The van der Waals surface area contributed by atoms with E-state index in [1.54, 1.807) is 29.2 Å². The van der Waals surface area contributed by atoms with Crippen molar-refractivity contribution in [2.24, 2.45) is 0 Å². The van der Waals surface area contributed by atoms with Crippen LogP contribution in [-0.4, -0.2) is 15.5 Å². The van der Waals surface area contributed by atoms with Crippen molar-refractivity contribution in [3.63, 3.8) is 0 Å². The third-order valence-corrected chi connectivity index (χ3v) is 6.68. The second-order valence-corrected chi connectivity index (χ2v) is 8.72. The first-order valence-corrected chi connectivity index (χ1v) is 11.5. The van der Waals surface area contributed by atoms with Crippen LogP contribution in [0.25, 0.3) is 22.1 Å². The first kappa shape index (κ1) is 19.6. The summed E-state index contributed by atoms with van der Waals surface area (Å²) in [6, 6.07) is 17.1. The van der Waals surface area contributed by atoms with Crippen LogP contribution in [0.4, 0.5) is 5.69 Å². The van der Waals surface area contributed by atoms with Crippen LogP contribution < -0.4 is 10.9 Å². The van der Waals surface area contributed by atoms with Gasteiger partial charge in [-0.25, -0.2) is 4.98 Å². The van der Waals surface area contributed by atoms with Gasteiger partial charge in [-0.2, -0.15) is 11.3 Å². The maximum absolute atomic E-state index is 12.8. The van der Waals surface area contributed by atoms with Gasteiger partial charge in [0, 0.05) is 16.0 Å². The number of nitrogens with one attached hydrogen (secondary N) is 1. The lowest BCUT2D eigenvalue weighted by atomic mass is 10.2. The number of carbonyl (C=O) groups excluding carboxylic acids is 1. The third kappa shape index (κ3) is 3.99. The summed E-state index contributed by atoms with van der Waals surface area (Å²) in [4.78, 5) is 30.8. The fourth-order valence-corrected chi connectivity index (χ4v) is 5.03. The Balaban J connectivity index is 1.35. The Bertz CT molecular complexity index is 1440. The summed E-state index contributed by atoms with van der Waals surface area (Å²) in [6.07, 6.45) is 1.39. The summed E-state index contributed by atoms with van der Waals surface area (Å²) in [5.41, 5.74) is 2.85. The molecule has 0 aliphatic heterocycles. The molecule has 8 heteroatoms. The predicted octanol–water partition coefficient (Wildman–Crippen LogP) is 5.14. The minimum absolute atomic E-state index is 0.150. The van der Waals surface area contributed by atoms with Gasteiger partial charge in [-0.15, -0.1) is 11.8 Å². The van der Waals surface area contributed by atoms with Crippen molar-refractivity contribution in [3.8, 4) is 0 Å². The molecule has 31 heavy (non-hydrogen) atoms. The van der Waals surface area contributed by atoms with E-state index in [4.69, 9.17) is 4.42 Å².